The summed E-state index contributed by atoms with van der Waals surface area (Å²) in [5.41, 5.74) is 0. The fourth-order valence-corrected chi connectivity index (χ4v) is 3.78. The summed E-state index contributed by atoms with van der Waals surface area (Å²) in [5, 5.41) is 0. The van der Waals surface area contributed by atoms with E-state index in [1.165, 1.54) is 11.5 Å². The first kappa shape index (κ1) is 6.78. The number of nitrogens with one attached hydrogen (secondary N) is 1. The van der Waals surface area contributed by atoms with E-state index in [1.54, 1.807) is 4.90 Å². The Hall–Kier alpha value is 0.660. The minimum atomic E-state index is 0.907. The van der Waals surface area contributed by atoms with Gasteiger partial charge in [-0.15, -0.1) is 0 Å². The van der Waals surface area contributed by atoms with E-state index in [-0.39, 0.29) is 0 Å². The van der Waals surface area contributed by atoms with Crippen LogP contribution in [0.5, 0.6) is 0 Å². The first-order valence-corrected chi connectivity index (χ1v) is 5.34. The van der Waals surface area contributed by atoms with Crippen LogP contribution in [0.4, 0.5) is 0 Å². The molecule has 0 bridgehead atoms. The highest BCUT2D eigenvalue weighted by Gasteiger charge is 2.20. The minimum Gasteiger partial charge on any atom is -0.336 e. The molecule has 1 saturated heterocycles. The maximum absolute atomic E-state index is 2.23. The second-order valence-corrected chi connectivity index (χ2v) is 4.90. The average molecular weight is 150 g/mol. The highest BCUT2D eigenvalue weighted by molar-refractivity contribution is 8.77. The third-order valence-electron chi connectivity index (χ3n) is 1.44. The molecule has 0 aromatic rings. The minimum absolute atomic E-state index is 0.907. The molecule has 1 aliphatic rings. The summed E-state index contributed by atoms with van der Waals surface area (Å²) in [6, 6.07) is 0.907. The molecule has 0 unspecified atom stereocenters. The van der Waals surface area contributed by atoms with Crippen molar-refractivity contribution in [2.75, 3.05) is 25.6 Å². The highest BCUT2D eigenvalue weighted by atomic mass is 33.1. The lowest BCUT2D eigenvalue weighted by Gasteiger charge is -2.12. The van der Waals surface area contributed by atoms with Crippen molar-refractivity contribution in [3.8, 4) is 0 Å². The summed E-state index contributed by atoms with van der Waals surface area (Å²) in [5.74, 6) is 2.68. The molecular formula is C5H12NS2+. The van der Waals surface area contributed by atoms with Crippen LogP contribution in [-0.2, 0) is 0 Å². The lowest BCUT2D eigenvalue weighted by Crippen LogP contribution is -3.10. The molecule has 0 aromatic heterocycles. The molecule has 0 radical (unpaired) electrons. The SMILES string of the molecule is C[NH+](C)C1CSSC1. The Morgan fingerprint density at radius 3 is 2.00 bits per heavy atom. The number of hydrogen-bond donors (Lipinski definition) is 1. The van der Waals surface area contributed by atoms with Gasteiger partial charge >= 0.3 is 0 Å². The van der Waals surface area contributed by atoms with Gasteiger partial charge in [0.25, 0.3) is 0 Å². The number of quaternary nitrogens is 1. The van der Waals surface area contributed by atoms with Crippen LogP contribution in [0.15, 0.2) is 0 Å². The molecule has 0 atom stereocenters. The molecule has 0 spiro atoms. The van der Waals surface area contributed by atoms with Gasteiger partial charge in [0.15, 0.2) is 0 Å². The van der Waals surface area contributed by atoms with Crippen LogP contribution in [0.25, 0.3) is 0 Å². The molecule has 0 amide bonds. The van der Waals surface area contributed by atoms with Gasteiger partial charge in [-0.05, 0) is 0 Å². The molecule has 48 valence electrons. The van der Waals surface area contributed by atoms with E-state index in [0.29, 0.717) is 0 Å². The zero-order chi connectivity index (χ0) is 5.98. The third kappa shape index (κ3) is 1.57. The van der Waals surface area contributed by atoms with E-state index < -0.39 is 0 Å². The Labute approximate surface area is 58.6 Å². The van der Waals surface area contributed by atoms with Crippen molar-refractivity contribution in [2.45, 2.75) is 6.04 Å². The Morgan fingerprint density at radius 2 is 1.75 bits per heavy atom. The molecule has 1 nitrogen and oxygen atoms in total. The van der Waals surface area contributed by atoms with Crippen molar-refractivity contribution < 1.29 is 4.90 Å². The normalized spacial score (nSPS) is 22.9. The predicted octanol–water partition coefficient (Wildman–Crippen LogP) is -0.105. The van der Waals surface area contributed by atoms with Gasteiger partial charge in [-0.2, -0.15) is 0 Å². The van der Waals surface area contributed by atoms with Crippen molar-refractivity contribution in [3.05, 3.63) is 0 Å². The first-order valence-electron chi connectivity index (χ1n) is 2.85. The Bertz CT molecular complexity index is 68.8. The fourth-order valence-electron chi connectivity index (χ4n) is 0.642. The van der Waals surface area contributed by atoms with Gasteiger partial charge in [0.05, 0.1) is 25.6 Å². The van der Waals surface area contributed by atoms with E-state index >= 15 is 0 Å². The number of rotatable bonds is 1. The molecule has 1 N–H and O–H groups in total. The summed E-state index contributed by atoms with van der Waals surface area (Å²) in [7, 11) is 8.48. The molecule has 0 saturated carbocycles. The molecule has 1 rings (SSSR count). The fraction of sp³-hybridized carbons (Fsp3) is 1.00. The van der Waals surface area contributed by atoms with Gasteiger partial charge in [-0.25, -0.2) is 0 Å². The summed E-state index contributed by atoms with van der Waals surface area (Å²) >= 11 is 0. The second-order valence-electron chi connectivity index (χ2n) is 2.34. The monoisotopic (exact) mass is 150 g/mol. The quantitative estimate of drug-likeness (QED) is 0.520. The van der Waals surface area contributed by atoms with E-state index in [4.69, 9.17) is 0 Å². The Balaban J connectivity index is 2.24. The topological polar surface area (TPSA) is 4.44 Å². The maximum Gasteiger partial charge on any atom is 0.107 e. The molecule has 1 aliphatic heterocycles. The molecule has 8 heavy (non-hydrogen) atoms. The van der Waals surface area contributed by atoms with Gasteiger partial charge in [-0.1, -0.05) is 21.6 Å². The summed E-state index contributed by atoms with van der Waals surface area (Å²) in [4.78, 5) is 1.60. The molecular weight excluding hydrogens is 138 g/mol. The lowest BCUT2D eigenvalue weighted by atomic mass is 10.4. The third-order valence-corrected chi connectivity index (χ3v) is 4.00. The van der Waals surface area contributed by atoms with Crippen molar-refractivity contribution in [3.63, 3.8) is 0 Å². The average Bonchev–Trinajstić information content (AvgIpc) is 2.12. The second kappa shape index (κ2) is 2.99. The largest absolute Gasteiger partial charge is 0.336 e. The van der Waals surface area contributed by atoms with E-state index in [1.807, 2.05) is 21.6 Å². The van der Waals surface area contributed by atoms with Crippen LogP contribution in [0.1, 0.15) is 0 Å². The molecule has 0 aromatic carbocycles. The summed E-state index contributed by atoms with van der Waals surface area (Å²) in [6.45, 7) is 0. The summed E-state index contributed by atoms with van der Waals surface area (Å²) < 4.78 is 0. The Kier molecular flexibility index (Phi) is 2.53. The van der Waals surface area contributed by atoms with Crippen molar-refractivity contribution in [2.24, 2.45) is 0 Å². The lowest BCUT2D eigenvalue weighted by molar-refractivity contribution is -0.879. The van der Waals surface area contributed by atoms with Crippen molar-refractivity contribution >= 4 is 21.6 Å². The van der Waals surface area contributed by atoms with Gasteiger partial charge in [0, 0.05) is 0 Å². The maximum atomic E-state index is 2.23. The zero-order valence-electron chi connectivity index (χ0n) is 5.31. The van der Waals surface area contributed by atoms with Gasteiger partial charge in [0.2, 0.25) is 0 Å². The Morgan fingerprint density at radius 1 is 1.25 bits per heavy atom. The van der Waals surface area contributed by atoms with Crippen LogP contribution in [0.3, 0.4) is 0 Å². The zero-order valence-corrected chi connectivity index (χ0v) is 6.94. The van der Waals surface area contributed by atoms with E-state index in [0.717, 1.165) is 6.04 Å². The van der Waals surface area contributed by atoms with Crippen LogP contribution in [0, 0.1) is 0 Å². The predicted molar refractivity (Wildman–Crippen MR) is 41.5 cm³/mol. The smallest absolute Gasteiger partial charge is 0.107 e. The molecule has 3 heteroatoms. The first-order chi connectivity index (χ1) is 3.80. The van der Waals surface area contributed by atoms with Crippen LogP contribution >= 0.6 is 21.6 Å². The molecule has 0 aliphatic carbocycles. The van der Waals surface area contributed by atoms with Crippen molar-refractivity contribution in [1.82, 2.24) is 0 Å². The number of hydrogen-bond acceptors (Lipinski definition) is 2. The van der Waals surface area contributed by atoms with Gasteiger partial charge in [0.1, 0.15) is 6.04 Å². The highest BCUT2D eigenvalue weighted by Crippen LogP contribution is 2.29. The van der Waals surface area contributed by atoms with E-state index in [2.05, 4.69) is 14.1 Å². The van der Waals surface area contributed by atoms with Gasteiger partial charge in [-0.3, -0.25) is 0 Å². The van der Waals surface area contributed by atoms with Crippen molar-refractivity contribution in [1.29, 1.82) is 0 Å². The molecule has 1 fully saturated rings. The summed E-state index contributed by atoms with van der Waals surface area (Å²) in [6.07, 6.45) is 0. The van der Waals surface area contributed by atoms with Gasteiger partial charge < -0.3 is 4.90 Å². The van der Waals surface area contributed by atoms with E-state index in [9.17, 15) is 0 Å². The standard InChI is InChI=1S/C5H11NS2/c1-6(2)5-3-7-8-4-5/h5H,3-4H2,1-2H3/p+1. The van der Waals surface area contributed by atoms with Crippen LogP contribution in [-0.4, -0.2) is 31.6 Å². The van der Waals surface area contributed by atoms with Crippen LogP contribution in [0.2, 0.25) is 0 Å². The molecule has 1 heterocycles. The van der Waals surface area contributed by atoms with Crippen LogP contribution < -0.4 is 4.90 Å².